The van der Waals surface area contributed by atoms with Gasteiger partial charge >= 0.3 is 5.97 Å². The largest absolute Gasteiger partial charge is 0.462 e. The highest BCUT2D eigenvalue weighted by atomic mass is 16.5. The molecule has 0 bridgehead atoms. The number of nitrogens with one attached hydrogen (secondary N) is 2. The van der Waals surface area contributed by atoms with Crippen molar-refractivity contribution in [2.24, 2.45) is 0 Å². The first-order chi connectivity index (χ1) is 10.1. The normalized spacial score (nSPS) is 11.4. The summed E-state index contributed by atoms with van der Waals surface area (Å²) >= 11 is 0. The maximum Gasteiger partial charge on any atom is 0.340 e. The Kier molecular flexibility index (Phi) is 6.54. The van der Waals surface area contributed by atoms with Crippen LogP contribution in [-0.4, -0.2) is 25.2 Å². The molecular weight excluding hydrogens is 266 g/mol. The van der Waals surface area contributed by atoms with E-state index in [0.717, 1.165) is 6.42 Å². The SMILES string of the molecule is CCNc1cc(C#N)c(N[C@H](C)CC)cc1C(=O)OCC. The van der Waals surface area contributed by atoms with Gasteiger partial charge in [-0.1, -0.05) is 6.92 Å². The predicted molar refractivity (Wildman–Crippen MR) is 84.7 cm³/mol. The number of rotatable bonds is 7. The van der Waals surface area contributed by atoms with Crippen molar-refractivity contribution < 1.29 is 9.53 Å². The second-order valence-electron chi connectivity index (χ2n) is 4.76. The average Bonchev–Trinajstić information content (AvgIpc) is 2.48. The fraction of sp³-hybridized carbons (Fsp3) is 0.500. The van der Waals surface area contributed by atoms with E-state index in [9.17, 15) is 10.1 Å². The molecule has 2 N–H and O–H groups in total. The topological polar surface area (TPSA) is 74.2 Å². The summed E-state index contributed by atoms with van der Waals surface area (Å²) in [5.74, 6) is -0.384. The van der Waals surface area contributed by atoms with E-state index in [1.54, 1.807) is 19.1 Å². The smallest absolute Gasteiger partial charge is 0.340 e. The molecule has 0 fully saturated rings. The Labute approximate surface area is 126 Å². The maximum atomic E-state index is 12.1. The van der Waals surface area contributed by atoms with Gasteiger partial charge < -0.3 is 15.4 Å². The van der Waals surface area contributed by atoms with Crippen molar-refractivity contribution in [3.8, 4) is 6.07 Å². The lowest BCUT2D eigenvalue weighted by Crippen LogP contribution is -2.16. The Morgan fingerprint density at radius 1 is 1.33 bits per heavy atom. The monoisotopic (exact) mass is 289 g/mol. The number of carbonyl (C=O) groups is 1. The Bertz CT molecular complexity index is 535. The summed E-state index contributed by atoms with van der Waals surface area (Å²) in [4.78, 5) is 12.1. The first-order valence-electron chi connectivity index (χ1n) is 7.32. The number of carbonyl (C=O) groups excluding carboxylic acids is 1. The molecule has 0 spiro atoms. The Morgan fingerprint density at radius 2 is 2.05 bits per heavy atom. The third-order valence-electron chi connectivity index (χ3n) is 3.15. The van der Waals surface area contributed by atoms with Crippen LogP contribution in [0.5, 0.6) is 0 Å². The molecule has 0 amide bonds. The Balaban J connectivity index is 3.28. The molecule has 1 atom stereocenters. The summed E-state index contributed by atoms with van der Waals surface area (Å²) in [7, 11) is 0. The summed E-state index contributed by atoms with van der Waals surface area (Å²) in [5, 5.41) is 15.7. The van der Waals surface area contributed by atoms with Crippen molar-refractivity contribution in [1.29, 1.82) is 5.26 Å². The van der Waals surface area contributed by atoms with Gasteiger partial charge in [-0.25, -0.2) is 4.79 Å². The van der Waals surface area contributed by atoms with Crippen molar-refractivity contribution in [3.05, 3.63) is 23.3 Å². The highest BCUT2D eigenvalue weighted by molar-refractivity contribution is 5.97. The second-order valence-corrected chi connectivity index (χ2v) is 4.76. The zero-order valence-corrected chi connectivity index (χ0v) is 13.1. The lowest BCUT2D eigenvalue weighted by atomic mass is 10.1. The lowest BCUT2D eigenvalue weighted by molar-refractivity contribution is 0.0527. The zero-order valence-electron chi connectivity index (χ0n) is 13.1. The van der Waals surface area contributed by atoms with Gasteiger partial charge in [0.15, 0.2) is 0 Å². The van der Waals surface area contributed by atoms with Crippen LogP contribution in [0.1, 0.15) is 50.0 Å². The van der Waals surface area contributed by atoms with E-state index in [4.69, 9.17) is 4.74 Å². The summed E-state index contributed by atoms with van der Waals surface area (Å²) in [5.41, 5.74) is 2.25. The van der Waals surface area contributed by atoms with Crippen molar-refractivity contribution in [2.45, 2.75) is 40.2 Å². The molecule has 0 heterocycles. The van der Waals surface area contributed by atoms with E-state index >= 15 is 0 Å². The molecule has 5 heteroatoms. The van der Waals surface area contributed by atoms with Gasteiger partial charge in [-0.15, -0.1) is 0 Å². The van der Waals surface area contributed by atoms with Gasteiger partial charge in [-0.05, 0) is 39.3 Å². The van der Waals surface area contributed by atoms with Gasteiger partial charge in [0.1, 0.15) is 6.07 Å². The fourth-order valence-corrected chi connectivity index (χ4v) is 1.89. The van der Waals surface area contributed by atoms with Crippen molar-refractivity contribution >= 4 is 17.3 Å². The minimum atomic E-state index is -0.384. The van der Waals surface area contributed by atoms with Crippen LogP contribution in [0, 0.1) is 11.3 Å². The van der Waals surface area contributed by atoms with Gasteiger partial charge in [0.05, 0.1) is 29.1 Å². The van der Waals surface area contributed by atoms with E-state index in [1.165, 1.54) is 0 Å². The third-order valence-corrected chi connectivity index (χ3v) is 3.15. The predicted octanol–water partition coefficient (Wildman–Crippen LogP) is 3.38. The zero-order chi connectivity index (χ0) is 15.8. The number of nitrogens with zero attached hydrogens (tertiary/aromatic N) is 1. The molecule has 0 aliphatic carbocycles. The van der Waals surface area contributed by atoms with Crippen LogP contribution in [0.25, 0.3) is 0 Å². The number of benzene rings is 1. The average molecular weight is 289 g/mol. The molecule has 114 valence electrons. The van der Waals surface area contributed by atoms with Crippen LogP contribution in [-0.2, 0) is 4.74 Å². The molecule has 1 aromatic carbocycles. The van der Waals surface area contributed by atoms with E-state index in [-0.39, 0.29) is 12.0 Å². The number of esters is 1. The first kappa shape index (κ1) is 16.8. The van der Waals surface area contributed by atoms with Gasteiger partial charge in [0.25, 0.3) is 0 Å². The summed E-state index contributed by atoms with van der Waals surface area (Å²) in [6.07, 6.45) is 0.925. The van der Waals surface area contributed by atoms with Crippen molar-refractivity contribution in [3.63, 3.8) is 0 Å². The first-order valence-corrected chi connectivity index (χ1v) is 7.32. The molecule has 0 aliphatic heterocycles. The summed E-state index contributed by atoms with van der Waals surface area (Å²) in [6, 6.07) is 5.78. The molecule has 0 radical (unpaired) electrons. The molecule has 5 nitrogen and oxygen atoms in total. The molecular formula is C16H23N3O2. The number of ether oxygens (including phenoxy) is 1. The number of anilines is 2. The quantitative estimate of drug-likeness (QED) is 0.753. The van der Waals surface area contributed by atoms with Crippen molar-refractivity contribution in [2.75, 3.05) is 23.8 Å². The molecule has 21 heavy (non-hydrogen) atoms. The van der Waals surface area contributed by atoms with Crippen LogP contribution in [0.2, 0.25) is 0 Å². The van der Waals surface area contributed by atoms with Gasteiger partial charge in [0, 0.05) is 12.6 Å². The maximum absolute atomic E-state index is 12.1. The van der Waals surface area contributed by atoms with Crippen LogP contribution in [0.3, 0.4) is 0 Å². The van der Waals surface area contributed by atoms with E-state index in [0.29, 0.717) is 35.7 Å². The minimum Gasteiger partial charge on any atom is -0.462 e. The standard InChI is InChI=1S/C16H23N3O2/c1-5-11(4)19-14-9-13(16(20)21-7-3)15(18-6-2)8-12(14)10-17/h8-9,11,18-19H,5-7H2,1-4H3/t11-/m1/s1. The third kappa shape index (κ3) is 4.38. The summed E-state index contributed by atoms with van der Waals surface area (Å²) < 4.78 is 5.09. The molecule has 0 aliphatic rings. The van der Waals surface area contributed by atoms with E-state index in [1.807, 2.05) is 13.8 Å². The van der Waals surface area contributed by atoms with E-state index in [2.05, 4.69) is 23.6 Å². The molecule has 0 unspecified atom stereocenters. The summed E-state index contributed by atoms with van der Waals surface area (Å²) in [6.45, 7) is 8.78. The second kappa shape index (κ2) is 8.15. The van der Waals surface area contributed by atoms with Gasteiger partial charge in [-0.3, -0.25) is 0 Å². The van der Waals surface area contributed by atoms with Crippen LogP contribution in [0.15, 0.2) is 12.1 Å². The van der Waals surface area contributed by atoms with Crippen LogP contribution in [0.4, 0.5) is 11.4 Å². The van der Waals surface area contributed by atoms with Gasteiger partial charge in [-0.2, -0.15) is 5.26 Å². The van der Waals surface area contributed by atoms with Gasteiger partial charge in [0.2, 0.25) is 0 Å². The lowest BCUT2D eigenvalue weighted by Gasteiger charge is -2.18. The van der Waals surface area contributed by atoms with Crippen LogP contribution < -0.4 is 10.6 Å². The molecule has 0 saturated carbocycles. The fourth-order valence-electron chi connectivity index (χ4n) is 1.89. The minimum absolute atomic E-state index is 0.220. The number of hydrogen-bond donors (Lipinski definition) is 2. The van der Waals surface area contributed by atoms with Crippen molar-refractivity contribution in [1.82, 2.24) is 0 Å². The highest BCUT2D eigenvalue weighted by Gasteiger charge is 2.17. The highest BCUT2D eigenvalue weighted by Crippen LogP contribution is 2.26. The molecule has 0 aromatic heterocycles. The molecule has 1 rings (SSSR count). The van der Waals surface area contributed by atoms with Crippen LogP contribution >= 0.6 is 0 Å². The number of hydrogen-bond acceptors (Lipinski definition) is 5. The Hall–Kier alpha value is -2.22. The Morgan fingerprint density at radius 3 is 2.57 bits per heavy atom. The molecule has 1 aromatic rings. The molecule has 0 saturated heterocycles. The number of nitriles is 1. The van der Waals surface area contributed by atoms with E-state index < -0.39 is 0 Å².